The molecule has 0 aliphatic rings. The molecule has 2 N–H and O–H groups in total. The van der Waals surface area contributed by atoms with Crippen LogP contribution in [0.1, 0.15) is 5.69 Å². The molecule has 1 heterocycles. The molecule has 2 aromatic rings. The minimum atomic E-state index is -0.352. The van der Waals surface area contributed by atoms with Gasteiger partial charge in [0.05, 0.1) is 12.2 Å². The summed E-state index contributed by atoms with van der Waals surface area (Å²) in [6.45, 7) is 0.555. The molecule has 0 aliphatic carbocycles. The number of halogens is 2. The second kappa shape index (κ2) is 4.31. The van der Waals surface area contributed by atoms with E-state index in [1.165, 1.54) is 12.1 Å². The van der Waals surface area contributed by atoms with Gasteiger partial charge >= 0.3 is 0 Å². The Kier molecular flexibility index (Phi) is 2.87. The number of anilines is 1. The van der Waals surface area contributed by atoms with Crippen molar-refractivity contribution in [3.05, 3.63) is 47.0 Å². The van der Waals surface area contributed by atoms with Crippen molar-refractivity contribution in [3.8, 4) is 0 Å². The standard InChI is InChI=1S/C10H9ClFN3/c11-7-3-8(12)5-10(4-7)13-6-9-1-2-14-15-9/h1-5,13H,6H2,(H,14,15). The summed E-state index contributed by atoms with van der Waals surface area (Å²) in [6.07, 6.45) is 1.66. The highest BCUT2D eigenvalue weighted by Crippen LogP contribution is 2.18. The third-order valence-electron chi connectivity index (χ3n) is 1.90. The number of benzene rings is 1. The number of aromatic nitrogens is 2. The first-order chi connectivity index (χ1) is 7.24. The Balaban J connectivity index is 2.05. The van der Waals surface area contributed by atoms with E-state index in [0.717, 1.165) is 5.69 Å². The van der Waals surface area contributed by atoms with E-state index in [2.05, 4.69) is 15.5 Å². The van der Waals surface area contributed by atoms with E-state index < -0.39 is 0 Å². The van der Waals surface area contributed by atoms with Gasteiger partial charge in [0.15, 0.2) is 0 Å². The molecule has 0 saturated carbocycles. The van der Waals surface area contributed by atoms with Crippen LogP contribution in [-0.4, -0.2) is 10.2 Å². The third kappa shape index (κ3) is 2.70. The van der Waals surface area contributed by atoms with Gasteiger partial charge in [-0.25, -0.2) is 4.39 Å². The van der Waals surface area contributed by atoms with Crippen molar-refractivity contribution in [2.75, 3.05) is 5.32 Å². The van der Waals surface area contributed by atoms with E-state index >= 15 is 0 Å². The zero-order chi connectivity index (χ0) is 10.7. The molecule has 0 radical (unpaired) electrons. The Labute approximate surface area is 91.3 Å². The summed E-state index contributed by atoms with van der Waals surface area (Å²) >= 11 is 5.71. The Hall–Kier alpha value is -1.55. The number of aromatic amines is 1. The lowest BCUT2D eigenvalue weighted by molar-refractivity contribution is 0.628. The van der Waals surface area contributed by atoms with E-state index in [1.807, 2.05) is 6.07 Å². The number of hydrogen-bond acceptors (Lipinski definition) is 2. The summed E-state index contributed by atoms with van der Waals surface area (Å²) in [5.41, 5.74) is 1.57. The van der Waals surface area contributed by atoms with E-state index in [0.29, 0.717) is 17.3 Å². The van der Waals surface area contributed by atoms with Crippen LogP contribution in [0.5, 0.6) is 0 Å². The summed E-state index contributed by atoms with van der Waals surface area (Å²) in [6, 6.07) is 6.17. The van der Waals surface area contributed by atoms with Crippen molar-refractivity contribution >= 4 is 17.3 Å². The van der Waals surface area contributed by atoms with Crippen LogP contribution >= 0.6 is 11.6 Å². The van der Waals surface area contributed by atoms with E-state index in [9.17, 15) is 4.39 Å². The number of rotatable bonds is 3. The maximum absolute atomic E-state index is 12.9. The monoisotopic (exact) mass is 225 g/mol. The SMILES string of the molecule is Fc1cc(Cl)cc(NCc2ccn[nH]2)c1. The van der Waals surface area contributed by atoms with Crippen LogP contribution in [0.4, 0.5) is 10.1 Å². The Bertz CT molecular complexity index is 422. The predicted octanol–water partition coefficient (Wildman–Crippen LogP) is 2.81. The zero-order valence-corrected chi connectivity index (χ0v) is 8.55. The predicted molar refractivity (Wildman–Crippen MR) is 57.3 cm³/mol. The molecular weight excluding hydrogens is 217 g/mol. The van der Waals surface area contributed by atoms with Gasteiger partial charge in [0.2, 0.25) is 0 Å². The van der Waals surface area contributed by atoms with Crippen LogP contribution in [0.15, 0.2) is 30.5 Å². The van der Waals surface area contributed by atoms with Gasteiger partial charge in [0.1, 0.15) is 5.82 Å². The molecule has 1 aromatic heterocycles. The molecule has 0 aliphatic heterocycles. The third-order valence-corrected chi connectivity index (χ3v) is 2.12. The Morgan fingerprint density at radius 1 is 1.40 bits per heavy atom. The molecule has 0 unspecified atom stereocenters. The molecule has 0 bridgehead atoms. The quantitative estimate of drug-likeness (QED) is 0.843. The molecule has 0 fully saturated rings. The summed E-state index contributed by atoms with van der Waals surface area (Å²) in [7, 11) is 0. The van der Waals surface area contributed by atoms with Gasteiger partial charge in [0.25, 0.3) is 0 Å². The highest BCUT2D eigenvalue weighted by atomic mass is 35.5. The van der Waals surface area contributed by atoms with Gasteiger partial charge in [-0.2, -0.15) is 5.10 Å². The van der Waals surface area contributed by atoms with E-state index in [4.69, 9.17) is 11.6 Å². The molecule has 0 saturated heterocycles. The minimum Gasteiger partial charge on any atom is -0.379 e. The Morgan fingerprint density at radius 3 is 2.93 bits per heavy atom. The second-order valence-electron chi connectivity index (χ2n) is 3.09. The van der Waals surface area contributed by atoms with Gasteiger partial charge < -0.3 is 5.32 Å². The fraction of sp³-hybridized carbons (Fsp3) is 0.100. The molecular formula is C10H9ClFN3. The molecule has 0 amide bonds. The highest BCUT2D eigenvalue weighted by molar-refractivity contribution is 6.30. The highest BCUT2D eigenvalue weighted by Gasteiger charge is 1.99. The van der Waals surface area contributed by atoms with Crippen molar-refractivity contribution in [2.45, 2.75) is 6.54 Å². The lowest BCUT2D eigenvalue weighted by Crippen LogP contribution is -2.00. The van der Waals surface area contributed by atoms with Crippen molar-refractivity contribution in [3.63, 3.8) is 0 Å². The van der Waals surface area contributed by atoms with E-state index in [1.54, 1.807) is 12.3 Å². The molecule has 0 atom stereocenters. The molecule has 15 heavy (non-hydrogen) atoms. The Morgan fingerprint density at radius 2 is 2.27 bits per heavy atom. The van der Waals surface area contributed by atoms with Gasteiger partial charge in [-0.05, 0) is 24.3 Å². The van der Waals surface area contributed by atoms with Crippen LogP contribution in [0.25, 0.3) is 0 Å². The fourth-order valence-electron chi connectivity index (χ4n) is 1.24. The van der Waals surface area contributed by atoms with Gasteiger partial charge in [-0.1, -0.05) is 11.6 Å². The molecule has 3 nitrogen and oxygen atoms in total. The lowest BCUT2D eigenvalue weighted by atomic mass is 10.3. The molecule has 2 rings (SSSR count). The maximum Gasteiger partial charge on any atom is 0.126 e. The largest absolute Gasteiger partial charge is 0.379 e. The summed E-state index contributed by atoms with van der Waals surface area (Å²) in [4.78, 5) is 0. The topological polar surface area (TPSA) is 40.7 Å². The molecule has 5 heteroatoms. The fourth-order valence-corrected chi connectivity index (χ4v) is 1.46. The minimum absolute atomic E-state index is 0.352. The van der Waals surface area contributed by atoms with Crippen molar-refractivity contribution in [1.82, 2.24) is 10.2 Å². The van der Waals surface area contributed by atoms with Crippen molar-refractivity contribution in [2.24, 2.45) is 0 Å². The molecule has 1 aromatic carbocycles. The first-order valence-corrected chi connectivity index (χ1v) is 4.80. The van der Waals surface area contributed by atoms with Crippen LogP contribution in [0.2, 0.25) is 5.02 Å². The van der Waals surface area contributed by atoms with Crippen LogP contribution in [-0.2, 0) is 6.54 Å². The van der Waals surface area contributed by atoms with E-state index in [-0.39, 0.29) is 5.82 Å². The van der Waals surface area contributed by atoms with Crippen LogP contribution in [0.3, 0.4) is 0 Å². The second-order valence-corrected chi connectivity index (χ2v) is 3.53. The molecule has 0 spiro atoms. The summed E-state index contributed by atoms with van der Waals surface area (Å²) in [5, 5.41) is 10.0. The number of nitrogens with zero attached hydrogens (tertiary/aromatic N) is 1. The lowest BCUT2D eigenvalue weighted by Gasteiger charge is -2.05. The smallest absolute Gasteiger partial charge is 0.126 e. The van der Waals surface area contributed by atoms with Crippen LogP contribution in [0, 0.1) is 5.82 Å². The number of nitrogens with one attached hydrogen (secondary N) is 2. The number of hydrogen-bond donors (Lipinski definition) is 2. The van der Waals surface area contributed by atoms with Crippen LogP contribution < -0.4 is 5.32 Å². The maximum atomic E-state index is 12.9. The zero-order valence-electron chi connectivity index (χ0n) is 7.80. The molecule has 78 valence electrons. The summed E-state index contributed by atoms with van der Waals surface area (Å²) in [5.74, 6) is -0.352. The number of H-pyrrole nitrogens is 1. The summed E-state index contributed by atoms with van der Waals surface area (Å²) < 4.78 is 12.9. The normalized spacial score (nSPS) is 10.3. The first kappa shape index (κ1) is 9.98. The first-order valence-electron chi connectivity index (χ1n) is 4.42. The van der Waals surface area contributed by atoms with Crippen molar-refractivity contribution < 1.29 is 4.39 Å². The average molecular weight is 226 g/mol. The van der Waals surface area contributed by atoms with Crippen molar-refractivity contribution in [1.29, 1.82) is 0 Å². The van der Waals surface area contributed by atoms with Gasteiger partial charge in [0, 0.05) is 16.9 Å². The average Bonchev–Trinajstić information content (AvgIpc) is 2.65. The van der Waals surface area contributed by atoms with Gasteiger partial charge in [-0.3, -0.25) is 5.10 Å². The van der Waals surface area contributed by atoms with Gasteiger partial charge in [-0.15, -0.1) is 0 Å².